The summed E-state index contributed by atoms with van der Waals surface area (Å²) in [6.45, 7) is 0. The average molecular weight is 313 g/mol. The molecule has 0 bridgehead atoms. The summed E-state index contributed by atoms with van der Waals surface area (Å²) in [5.41, 5.74) is 0. The molecule has 10 heavy (non-hydrogen) atoms. The molecule has 0 spiro atoms. The van der Waals surface area contributed by atoms with E-state index in [1.54, 1.807) is 0 Å². The Balaban J connectivity index is 7.73. The molecule has 0 aliphatic rings. The molecular formula is C6H9O3W. The third kappa shape index (κ3) is 1.47. The van der Waals surface area contributed by atoms with Crippen molar-refractivity contribution in [3.63, 3.8) is 0 Å². The SMILES string of the molecule is [CH3][W]([CH3])([CH3])(=[C]=O)(=[C]=O)=[C]=O. The number of hydrogen-bond donors (Lipinski definition) is 0. The van der Waals surface area contributed by atoms with Crippen molar-refractivity contribution >= 4 is 12.8 Å². The minimum absolute atomic E-state index is 1.33. The number of carbonyl (C=O) groups excluding carboxylic acids is 3. The molecule has 0 aromatic carbocycles. The molecule has 0 aliphatic heterocycles. The zero-order valence-corrected chi connectivity index (χ0v) is 9.07. The second-order valence-electron chi connectivity index (χ2n) is 3.62. The molecule has 0 heterocycles. The number of rotatable bonds is 0. The Labute approximate surface area is 55.7 Å². The third-order valence-electron chi connectivity index (χ3n) is 1.00. The van der Waals surface area contributed by atoms with Crippen molar-refractivity contribution in [3.8, 4) is 0 Å². The maximum atomic E-state index is 10.4. The Morgan fingerprint density at radius 3 is 1.00 bits per heavy atom. The van der Waals surface area contributed by atoms with Crippen molar-refractivity contribution in [2.24, 2.45) is 0 Å². The second-order valence-corrected chi connectivity index (χ2v) is 29.6. The zero-order chi connectivity index (χ0) is 8.53. The van der Waals surface area contributed by atoms with Gasteiger partial charge < -0.3 is 0 Å². The summed E-state index contributed by atoms with van der Waals surface area (Å²) in [6, 6.07) is 0. The summed E-state index contributed by atoms with van der Waals surface area (Å²) in [7, 11) is 0. The van der Waals surface area contributed by atoms with Gasteiger partial charge in [0.2, 0.25) is 0 Å². The van der Waals surface area contributed by atoms with Crippen molar-refractivity contribution in [1.29, 1.82) is 0 Å². The van der Waals surface area contributed by atoms with Gasteiger partial charge in [-0.25, -0.2) is 0 Å². The molecule has 4 heteroatoms. The van der Waals surface area contributed by atoms with Gasteiger partial charge in [0.15, 0.2) is 0 Å². The normalized spacial score (nSPS) is 17.1. The standard InChI is InChI=1S/3CO.3CH3.W/c3*1-2;;;;/h;;;3*1H3;. The molecule has 57 valence electrons. The van der Waals surface area contributed by atoms with Gasteiger partial charge in [-0.2, -0.15) is 0 Å². The Morgan fingerprint density at radius 1 is 0.800 bits per heavy atom. The summed E-state index contributed by atoms with van der Waals surface area (Å²) in [4.78, 5) is 31.1. The van der Waals surface area contributed by atoms with E-state index in [2.05, 4.69) is 0 Å². The van der Waals surface area contributed by atoms with Crippen LogP contribution in [0.5, 0.6) is 0 Å². The Kier molecular flexibility index (Phi) is 1.44. The van der Waals surface area contributed by atoms with E-state index in [0.29, 0.717) is 0 Å². The Morgan fingerprint density at radius 2 is 1.00 bits per heavy atom. The van der Waals surface area contributed by atoms with Crippen LogP contribution in [-0.4, -0.2) is 12.8 Å². The van der Waals surface area contributed by atoms with Crippen molar-refractivity contribution in [2.75, 3.05) is 0 Å². The molecule has 0 rings (SSSR count). The average Bonchev–Trinajstić information content (AvgIpc) is 1.90. The molecule has 0 saturated carbocycles. The summed E-state index contributed by atoms with van der Waals surface area (Å²) < 4.78 is 4.60. The van der Waals surface area contributed by atoms with E-state index in [0.717, 1.165) is 0 Å². The molecule has 0 atom stereocenters. The van der Waals surface area contributed by atoms with Gasteiger partial charge in [0.25, 0.3) is 0 Å². The van der Waals surface area contributed by atoms with E-state index in [9.17, 15) is 14.4 Å². The molecular weight excluding hydrogens is 304 g/mol. The molecule has 0 aliphatic carbocycles. The fraction of sp³-hybridized carbons (Fsp3) is 0.500. The van der Waals surface area contributed by atoms with E-state index in [1.165, 1.54) is 28.7 Å². The molecule has 0 aromatic heterocycles. The molecule has 0 saturated heterocycles. The van der Waals surface area contributed by atoms with E-state index >= 15 is 0 Å². The van der Waals surface area contributed by atoms with Crippen LogP contribution in [0.4, 0.5) is 0 Å². The van der Waals surface area contributed by atoms with E-state index in [-0.39, 0.29) is 0 Å². The molecule has 0 fully saturated rings. The van der Waals surface area contributed by atoms with Crippen molar-refractivity contribution in [3.05, 3.63) is 0 Å². The second kappa shape index (κ2) is 1.53. The predicted molar refractivity (Wildman–Crippen MR) is 34.7 cm³/mol. The molecule has 0 radical (unpaired) electrons. The van der Waals surface area contributed by atoms with Crippen molar-refractivity contribution in [2.45, 2.75) is 15.9 Å². The van der Waals surface area contributed by atoms with Crippen LogP contribution in [0.15, 0.2) is 0 Å². The van der Waals surface area contributed by atoms with Gasteiger partial charge in [0, 0.05) is 0 Å². The maximum absolute atomic E-state index is 10.4. The van der Waals surface area contributed by atoms with Gasteiger partial charge >= 0.3 is 55.3 Å². The van der Waals surface area contributed by atoms with Crippen LogP contribution in [-0.2, 0) is 26.6 Å². The summed E-state index contributed by atoms with van der Waals surface area (Å²) >= 11 is -4.92. The van der Waals surface area contributed by atoms with Gasteiger partial charge in [-0.3, -0.25) is 0 Å². The third-order valence-corrected chi connectivity index (χ3v) is 8.19. The first-order chi connectivity index (χ1) is 4.21. The van der Waals surface area contributed by atoms with Gasteiger partial charge in [-0.1, -0.05) is 0 Å². The van der Waals surface area contributed by atoms with E-state index in [4.69, 9.17) is 0 Å². The summed E-state index contributed by atoms with van der Waals surface area (Å²) in [6.07, 6.45) is 0. The van der Waals surface area contributed by atoms with Crippen LogP contribution in [0.1, 0.15) is 0 Å². The number of hydrogen-bond acceptors (Lipinski definition) is 3. The van der Waals surface area contributed by atoms with Crippen LogP contribution in [0.3, 0.4) is 0 Å². The first kappa shape index (κ1) is 9.43. The van der Waals surface area contributed by atoms with Crippen LogP contribution >= 0.6 is 0 Å². The summed E-state index contributed by atoms with van der Waals surface area (Å²) in [5, 5.41) is 3.98. The molecule has 0 amide bonds. The predicted octanol–water partition coefficient (Wildman–Crippen LogP) is 0.558. The zero-order valence-electron chi connectivity index (χ0n) is 6.13. The minimum atomic E-state index is -4.92. The van der Waals surface area contributed by atoms with E-state index < -0.39 is 12.2 Å². The quantitative estimate of drug-likeness (QED) is 0.657. The van der Waals surface area contributed by atoms with Crippen molar-refractivity contribution < 1.29 is 26.6 Å². The van der Waals surface area contributed by atoms with Gasteiger partial charge in [0.05, 0.1) is 0 Å². The summed E-state index contributed by atoms with van der Waals surface area (Å²) in [5.74, 6) is 0. The fourth-order valence-electron chi connectivity index (χ4n) is 0.0510. The van der Waals surface area contributed by atoms with E-state index in [1.807, 2.05) is 0 Å². The molecule has 0 unspecified atom stereocenters. The first-order valence-corrected chi connectivity index (χ1v) is 15.6. The Hall–Kier alpha value is -0.572. The first-order valence-electron chi connectivity index (χ1n) is 2.45. The monoisotopic (exact) mass is 313 g/mol. The van der Waals surface area contributed by atoms with Gasteiger partial charge in [0.1, 0.15) is 0 Å². The van der Waals surface area contributed by atoms with Crippen LogP contribution in [0.2, 0.25) is 15.9 Å². The molecule has 3 nitrogen and oxygen atoms in total. The van der Waals surface area contributed by atoms with Crippen LogP contribution < -0.4 is 0 Å². The fourth-order valence-corrected chi connectivity index (χ4v) is 0.418. The molecule has 0 N–H and O–H groups in total. The Bertz CT molecular complexity index is 416. The van der Waals surface area contributed by atoms with Gasteiger partial charge in [-0.15, -0.1) is 0 Å². The molecule has 0 aromatic rings. The van der Waals surface area contributed by atoms with Gasteiger partial charge in [-0.05, 0) is 0 Å². The topological polar surface area (TPSA) is 51.2 Å². The van der Waals surface area contributed by atoms with Crippen LogP contribution in [0, 0.1) is 0 Å². The van der Waals surface area contributed by atoms with Crippen molar-refractivity contribution in [1.82, 2.24) is 0 Å². The van der Waals surface area contributed by atoms with Crippen LogP contribution in [0.25, 0.3) is 0 Å².